The van der Waals surface area contributed by atoms with Crippen LogP contribution in [0.5, 0.6) is 0 Å². The predicted octanol–water partition coefficient (Wildman–Crippen LogP) is 1.62. The number of carbonyl (C=O) groups is 2. The second-order valence-corrected chi connectivity index (χ2v) is 4.45. The second kappa shape index (κ2) is 6.20. The van der Waals surface area contributed by atoms with Crippen LogP contribution in [0.15, 0.2) is 35.3 Å². The fraction of sp³-hybridized carbons (Fsp3) is 0.167. The van der Waals surface area contributed by atoms with Crippen molar-refractivity contribution < 1.29 is 14.7 Å². The van der Waals surface area contributed by atoms with Crippen molar-refractivity contribution in [3.63, 3.8) is 0 Å². The number of benzene rings is 1. The predicted molar refractivity (Wildman–Crippen MR) is 72.7 cm³/mol. The average molecular weight is 313 g/mol. The van der Waals surface area contributed by atoms with Gasteiger partial charge in [0.15, 0.2) is 0 Å². The van der Waals surface area contributed by atoms with Gasteiger partial charge in [-0.05, 0) is 34.1 Å². The first-order valence-electron chi connectivity index (χ1n) is 5.12. The fourth-order valence-electron chi connectivity index (χ4n) is 1.48. The highest BCUT2D eigenvalue weighted by Gasteiger charge is 2.13. The van der Waals surface area contributed by atoms with Gasteiger partial charge in [-0.2, -0.15) is 0 Å². The lowest BCUT2D eigenvalue weighted by molar-refractivity contribution is -0.135. The summed E-state index contributed by atoms with van der Waals surface area (Å²) in [5, 5.41) is 8.84. The van der Waals surface area contributed by atoms with Crippen LogP contribution in [0, 0.1) is 0 Å². The zero-order valence-electron chi connectivity index (χ0n) is 9.60. The van der Waals surface area contributed by atoms with Gasteiger partial charge in [-0.25, -0.2) is 0 Å². The Morgan fingerprint density at radius 1 is 1.50 bits per heavy atom. The molecule has 18 heavy (non-hydrogen) atoms. The van der Waals surface area contributed by atoms with Gasteiger partial charge in [-0.3, -0.25) is 9.59 Å². The van der Waals surface area contributed by atoms with Crippen molar-refractivity contribution in [3.8, 4) is 0 Å². The molecular formula is C12H13BrN2O3. The summed E-state index contributed by atoms with van der Waals surface area (Å²) in [6.45, 7) is 3.82. The zero-order chi connectivity index (χ0) is 13.7. The number of primary amides is 1. The van der Waals surface area contributed by atoms with Gasteiger partial charge in [0.05, 0.1) is 5.69 Å². The van der Waals surface area contributed by atoms with Crippen molar-refractivity contribution in [3.05, 3.63) is 40.9 Å². The van der Waals surface area contributed by atoms with E-state index in [0.717, 1.165) is 0 Å². The molecule has 0 saturated carbocycles. The topological polar surface area (TPSA) is 83.6 Å². The second-order valence-electron chi connectivity index (χ2n) is 3.59. The molecule has 6 heteroatoms. The SMILES string of the molecule is C=CCN(CC(=O)O)c1ccc(C(N)=O)cc1Br. The molecule has 1 aromatic carbocycles. The summed E-state index contributed by atoms with van der Waals surface area (Å²) in [5.41, 5.74) is 6.19. The number of carboxylic acid groups (broad SMARTS) is 1. The van der Waals surface area contributed by atoms with Gasteiger partial charge < -0.3 is 15.7 Å². The molecule has 0 bridgehead atoms. The molecule has 0 unspecified atom stereocenters. The molecule has 0 saturated heterocycles. The lowest BCUT2D eigenvalue weighted by Crippen LogP contribution is -2.30. The standard InChI is InChI=1S/C12H13BrN2O3/c1-2-5-15(7-11(16)17)10-4-3-8(12(14)18)6-9(10)13/h2-4,6H,1,5,7H2,(H2,14,18)(H,16,17). The first-order valence-corrected chi connectivity index (χ1v) is 5.92. The van der Waals surface area contributed by atoms with Gasteiger partial charge in [0, 0.05) is 16.6 Å². The third-order valence-corrected chi connectivity index (χ3v) is 2.88. The number of nitrogens with two attached hydrogens (primary N) is 1. The van der Waals surface area contributed by atoms with Crippen LogP contribution in [0.3, 0.4) is 0 Å². The number of hydrogen-bond acceptors (Lipinski definition) is 3. The Kier molecular flexibility index (Phi) is 4.91. The van der Waals surface area contributed by atoms with E-state index in [0.29, 0.717) is 22.3 Å². The summed E-state index contributed by atoms with van der Waals surface area (Å²) < 4.78 is 0.613. The van der Waals surface area contributed by atoms with Gasteiger partial charge in [0.25, 0.3) is 0 Å². The minimum atomic E-state index is -0.942. The van der Waals surface area contributed by atoms with Crippen LogP contribution in [0.4, 0.5) is 5.69 Å². The third-order valence-electron chi connectivity index (χ3n) is 2.25. The van der Waals surface area contributed by atoms with Crippen LogP contribution < -0.4 is 10.6 Å². The van der Waals surface area contributed by atoms with Gasteiger partial charge in [-0.15, -0.1) is 6.58 Å². The number of rotatable bonds is 6. The van der Waals surface area contributed by atoms with Gasteiger partial charge >= 0.3 is 5.97 Å². The summed E-state index contributed by atoms with van der Waals surface area (Å²) in [6.07, 6.45) is 1.61. The first-order chi connectivity index (χ1) is 8.45. The molecule has 0 fully saturated rings. The number of nitrogens with zero attached hydrogens (tertiary/aromatic N) is 1. The summed E-state index contributed by atoms with van der Waals surface area (Å²) in [4.78, 5) is 23.4. The zero-order valence-corrected chi connectivity index (χ0v) is 11.2. The number of hydrogen-bond donors (Lipinski definition) is 2. The van der Waals surface area contributed by atoms with E-state index < -0.39 is 11.9 Å². The van der Waals surface area contributed by atoms with Gasteiger partial charge in [-0.1, -0.05) is 6.08 Å². The molecule has 1 rings (SSSR count). The number of amides is 1. The summed E-state index contributed by atoms with van der Waals surface area (Å²) in [6, 6.07) is 4.77. The third kappa shape index (κ3) is 3.59. The molecule has 0 aromatic heterocycles. The maximum absolute atomic E-state index is 11.0. The van der Waals surface area contributed by atoms with Crippen molar-refractivity contribution in [1.29, 1.82) is 0 Å². The highest BCUT2D eigenvalue weighted by Crippen LogP contribution is 2.27. The minimum Gasteiger partial charge on any atom is -0.480 e. The molecule has 1 aromatic rings. The number of carbonyl (C=O) groups excluding carboxylic acids is 1. The van der Waals surface area contributed by atoms with Crippen LogP contribution in [-0.2, 0) is 4.79 Å². The summed E-state index contributed by atoms with van der Waals surface area (Å²) >= 11 is 3.30. The Morgan fingerprint density at radius 3 is 2.61 bits per heavy atom. The maximum atomic E-state index is 11.0. The Balaban J connectivity index is 3.08. The lowest BCUT2D eigenvalue weighted by atomic mass is 10.2. The summed E-state index contributed by atoms with van der Waals surface area (Å²) in [7, 11) is 0. The fourth-order valence-corrected chi connectivity index (χ4v) is 2.11. The lowest BCUT2D eigenvalue weighted by Gasteiger charge is -2.22. The Labute approximate surface area is 113 Å². The normalized spacial score (nSPS) is 9.83. The Morgan fingerprint density at radius 2 is 2.17 bits per heavy atom. The quantitative estimate of drug-likeness (QED) is 0.782. The summed E-state index contributed by atoms with van der Waals surface area (Å²) in [5.74, 6) is -1.47. The Hall–Kier alpha value is -1.82. The smallest absolute Gasteiger partial charge is 0.323 e. The molecule has 0 aliphatic carbocycles. The molecule has 1 amide bonds. The van der Waals surface area contributed by atoms with Gasteiger partial charge in [0.2, 0.25) is 5.91 Å². The van der Waals surface area contributed by atoms with E-state index in [1.807, 2.05) is 0 Å². The van der Waals surface area contributed by atoms with E-state index >= 15 is 0 Å². The Bertz CT molecular complexity index is 488. The number of anilines is 1. The van der Waals surface area contributed by atoms with Crippen LogP contribution in [0.1, 0.15) is 10.4 Å². The average Bonchev–Trinajstić information content (AvgIpc) is 2.27. The van der Waals surface area contributed by atoms with Crippen molar-refractivity contribution in [1.82, 2.24) is 0 Å². The molecule has 0 radical (unpaired) electrons. The molecule has 0 aliphatic rings. The molecule has 0 spiro atoms. The van der Waals surface area contributed by atoms with E-state index in [-0.39, 0.29) is 6.54 Å². The van der Waals surface area contributed by atoms with Crippen LogP contribution in [-0.4, -0.2) is 30.1 Å². The molecule has 0 heterocycles. The molecular weight excluding hydrogens is 300 g/mol. The van der Waals surface area contributed by atoms with E-state index in [9.17, 15) is 9.59 Å². The number of aliphatic carboxylic acids is 1. The van der Waals surface area contributed by atoms with Crippen molar-refractivity contribution in [2.75, 3.05) is 18.0 Å². The molecule has 96 valence electrons. The van der Waals surface area contributed by atoms with Crippen molar-refractivity contribution in [2.24, 2.45) is 5.73 Å². The maximum Gasteiger partial charge on any atom is 0.323 e. The van der Waals surface area contributed by atoms with E-state index in [4.69, 9.17) is 10.8 Å². The largest absolute Gasteiger partial charge is 0.480 e. The van der Waals surface area contributed by atoms with Crippen molar-refractivity contribution in [2.45, 2.75) is 0 Å². The molecule has 3 N–H and O–H groups in total. The van der Waals surface area contributed by atoms with Crippen LogP contribution in [0.25, 0.3) is 0 Å². The van der Waals surface area contributed by atoms with E-state index in [1.54, 1.807) is 29.2 Å². The number of halogens is 1. The van der Waals surface area contributed by atoms with Crippen LogP contribution in [0.2, 0.25) is 0 Å². The minimum absolute atomic E-state index is 0.152. The molecule has 0 aliphatic heterocycles. The van der Waals surface area contributed by atoms with Crippen molar-refractivity contribution >= 4 is 33.5 Å². The first kappa shape index (κ1) is 14.2. The van der Waals surface area contributed by atoms with E-state index in [1.165, 1.54) is 0 Å². The van der Waals surface area contributed by atoms with E-state index in [2.05, 4.69) is 22.5 Å². The highest BCUT2D eigenvalue weighted by atomic mass is 79.9. The molecule has 5 nitrogen and oxygen atoms in total. The van der Waals surface area contributed by atoms with Gasteiger partial charge in [0.1, 0.15) is 6.54 Å². The monoisotopic (exact) mass is 312 g/mol. The number of carboxylic acids is 1. The molecule has 0 atom stereocenters. The highest BCUT2D eigenvalue weighted by molar-refractivity contribution is 9.10. The van der Waals surface area contributed by atoms with Crippen LogP contribution >= 0.6 is 15.9 Å².